The molecule has 0 aliphatic carbocycles. The summed E-state index contributed by atoms with van der Waals surface area (Å²) in [6.45, 7) is 4.97. The molecule has 4 nitrogen and oxygen atoms in total. The zero-order valence-electron chi connectivity index (χ0n) is 7.78. The van der Waals surface area contributed by atoms with Crippen LogP contribution in [0.3, 0.4) is 0 Å². The predicted molar refractivity (Wildman–Crippen MR) is 45.6 cm³/mol. The first kappa shape index (κ1) is 8.29. The second-order valence-electron chi connectivity index (χ2n) is 3.57. The highest BCUT2D eigenvalue weighted by Crippen LogP contribution is 2.22. The Hall–Kier alpha value is -1.32. The van der Waals surface area contributed by atoms with E-state index in [1.165, 1.54) is 6.39 Å². The van der Waals surface area contributed by atoms with Gasteiger partial charge in [0.05, 0.1) is 13.1 Å². The first-order valence-electron chi connectivity index (χ1n) is 4.38. The molecule has 0 unspecified atom stereocenters. The zero-order chi connectivity index (χ0) is 9.42. The summed E-state index contributed by atoms with van der Waals surface area (Å²) in [5, 5.41) is 0. The first-order chi connectivity index (χ1) is 6.18. The highest BCUT2D eigenvalue weighted by molar-refractivity contribution is 5.78. The van der Waals surface area contributed by atoms with Crippen molar-refractivity contribution in [3.05, 3.63) is 17.8 Å². The minimum atomic E-state index is 0.0454. The third-order valence-corrected chi connectivity index (χ3v) is 2.21. The number of hydrogen-bond donors (Lipinski definition) is 0. The molecule has 0 saturated heterocycles. The Morgan fingerprint density at radius 2 is 2.38 bits per heavy atom. The molecule has 1 amide bonds. The van der Waals surface area contributed by atoms with Gasteiger partial charge in [0.15, 0.2) is 6.39 Å². The van der Waals surface area contributed by atoms with Crippen LogP contribution in [-0.4, -0.2) is 15.8 Å². The predicted octanol–water partition coefficient (Wildman–Crippen LogP) is 1.17. The molecule has 0 fully saturated rings. The lowest BCUT2D eigenvalue weighted by Gasteiger charge is -2.16. The number of amides is 1. The van der Waals surface area contributed by atoms with Crippen LogP contribution in [-0.2, 0) is 17.9 Å². The molecule has 0 saturated carbocycles. The summed E-state index contributed by atoms with van der Waals surface area (Å²) in [5.41, 5.74) is 0.897. The average Bonchev–Trinajstić information content (AvgIpc) is 2.59. The van der Waals surface area contributed by atoms with E-state index in [0.717, 1.165) is 11.5 Å². The molecule has 1 aliphatic rings. The largest absolute Gasteiger partial charge is 0.446 e. The van der Waals surface area contributed by atoms with Crippen LogP contribution in [0.15, 0.2) is 10.8 Å². The number of rotatable bonds is 1. The standard InChI is InChI=1S/C9H12N2O2/c1-6(2)9(12)11-3-7-8(4-11)13-5-10-7/h5-6H,3-4H2,1-2H3. The van der Waals surface area contributed by atoms with Crippen LogP contribution in [0.4, 0.5) is 0 Å². The molecule has 1 aliphatic heterocycles. The van der Waals surface area contributed by atoms with Gasteiger partial charge in [-0.3, -0.25) is 4.79 Å². The summed E-state index contributed by atoms with van der Waals surface area (Å²) >= 11 is 0. The van der Waals surface area contributed by atoms with E-state index in [1.54, 1.807) is 4.90 Å². The maximum absolute atomic E-state index is 11.6. The van der Waals surface area contributed by atoms with E-state index in [-0.39, 0.29) is 11.8 Å². The van der Waals surface area contributed by atoms with Crippen molar-refractivity contribution in [3.63, 3.8) is 0 Å². The lowest BCUT2D eigenvalue weighted by atomic mass is 10.2. The van der Waals surface area contributed by atoms with Gasteiger partial charge in [0.1, 0.15) is 11.5 Å². The zero-order valence-corrected chi connectivity index (χ0v) is 7.78. The Bertz CT molecular complexity index is 310. The van der Waals surface area contributed by atoms with Crippen molar-refractivity contribution < 1.29 is 9.21 Å². The van der Waals surface area contributed by atoms with Crippen LogP contribution in [0.1, 0.15) is 25.3 Å². The van der Waals surface area contributed by atoms with Crippen molar-refractivity contribution >= 4 is 5.91 Å². The van der Waals surface area contributed by atoms with Gasteiger partial charge in [-0.15, -0.1) is 0 Å². The Morgan fingerprint density at radius 3 is 3.00 bits per heavy atom. The van der Waals surface area contributed by atoms with Gasteiger partial charge in [0.2, 0.25) is 5.91 Å². The van der Waals surface area contributed by atoms with Crippen molar-refractivity contribution in [1.29, 1.82) is 0 Å². The Balaban J connectivity index is 2.10. The van der Waals surface area contributed by atoms with Gasteiger partial charge in [0.25, 0.3) is 0 Å². The molecule has 0 atom stereocenters. The van der Waals surface area contributed by atoms with Crippen molar-refractivity contribution in [3.8, 4) is 0 Å². The average molecular weight is 180 g/mol. The summed E-state index contributed by atoms with van der Waals surface area (Å²) in [7, 11) is 0. The van der Waals surface area contributed by atoms with Gasteiger partial charge < -0.3 is 9.32 Å². The van der Waals surface area contributed by atoms with E-state index in [2.05, 4.69) is 4.98 Å². The molecule has 70 valence electrons. The van der Waals surface area contributed by atoms with Gasteiger partial charge in [-0.1, -0.05) is 13.8 Å². The van der Waals surface area contributed by atoms with Crippen molar-refractivity contribution in [2.45, 2.75) is 26.9 Å². The summed E-state index contributed by atoms with van der Waals surface area (Å²) in [6.07, 6.45) is 1.43. The fraction of sp³-hybridized carbons (Fsp3) is 0.556. The van der Waals surface area contributed by atoms with Crippen molar-refractivity contribution in [2.24, 2.45) is 5.92 Å². The molecule has 0 radical (unpaired) electrons. The molecular weight excluding hydrogens is 168 g/mol. The number of oxazole rings is 1. The van der Waals surface area contributed by atoms with E-state index < -0.39 is 0 Å². The highest BCUT2D eigenvalue weighted by atomic mass is 16.3. The van der Waals surface area contributed by atoms with E-state index >= 15 is 0 Å². The van der Waals surface area contributed by atoms with Crippen LogP contribution in [0, 0.1) is 5.92 Å². The van der Waals surface area contributed by atoms with Crippen LogP contribution < -0.4 is 0 Å². The molecule has 1 aromatic heterocycles. The van der Waals surface area contributed by atoms with Gasteiger partial charge >= 0.3 is 0 Å². The second-order valence-corrected chi connectivity index (χ2v) is 3.57. The van der Waals surface area contributed by atoms with Crippen LogP contribution in [0.25, 0.3) is 0 Å². The molecule has 0 spiro atoms. The number of nitrogens with zero attached hydrogens (tertiary/aromatic N) is 2. The first-order valence-corrected chi connectivity index (χ1v) is 4.38. The third kappa shape index (κ3) is 1.32. The van der Waals surface area contributed by atoms with E-state index in [4.69, 9.17) is 4.42 Å². The van der Waals surface area contributed by atoms with E-state index in [0.29, 0.717) is 13.1 Å². The monoisotopic (exact) mass is 180 g/mol. The smallest absolute Gasteiger partial charge is 0.225 e. The van der Waals surface area contributed by atoms with Crippen LogP contribution in [0.5, 0.6) is 0 Å². The summed E-state index contributed by atoms with van der Waals surface area (Å²) in [4.78, 5) is 17.4. The third-order valence-electron chi connectivity index (χ3n) is 2.21. The summed E-state index contributed by atoms with van der Waals surface area (Å²) < 4.78 is 5.13. The Kier molecular flexibility index (Phi) is 1.83. The minimum absolute atomic E-state index is 0.0454. The number of hydrogen-bond acceptors (Lipinski definition) is 3. The van der Waals surface area contributed by atoms with Gasteiger partial charge in [0, 0.05) is 5.92 Å². The minimum Gasteiger partial charge on any atom is -0.446 e. The lowest BCUT2D eigenvalue weighted by molar-refractivity contribution is -0.135. The molecule has 13 heavy (non-hydrogen) atoms. The molecule has 2 heterocycles. The molecule has 0 bridgehead atoms. The normalized spacial score (nSPS) is 15.2. The quantitative estimate of drug-likeness (QED) is 0.651. The Labute approximate surface area is 76.6 Å². The topological polar surface area (TPSA) is 46.3 Å². The number of fused-ring (bicyclic) bond motifs is 1. The summed E-state index contributed by atoms with van der Waals surface area (Å²) in [5.74, 6) is 1.03. The SMILES string of the molecule is CC(C)C(=O)N1Cc2ncoc2C1. The second kappa shape index (κ2) is 2.87. The van der Waals surface area contributed by atoms with Crippen LogP contribution in [0.2, 0.25) is 0 Å². The molecule has 2 rings (SSSR count). The van der Waals surface area contributed by atoms with E-state index in [1.807, 2.05) is 13.8 Å². The molecular formula is C9H12N2O2. The molecule has 0 aromatic carbocycles. The number of carbonyl (C=O) groups is 1. The highest BCUT2D eigenvalue weighted by Gasteiger charge is 2.27. The number of aromatic nitrogens is 1. The molecule has 0 N–H and O–H groups in total. The van der Waals surface area contributed by atoms with Crippen molar-refractivity contribution in [2.75, 3.05) is 0 Å². The molecule has 1 aromatic rings. The van der Waals surface area contributed by atoms with Crippen LogP contribution >= 0.6 is 0 Å². The molecule has 4 heteroatoms. The van der Waals surface area contributed by atoms with Gasteiger partial charge in [-0.2, -0.15) is 0 Å². The fourth-order valence-corrected chi connectivity index (χ4v) is 1.48. The fourth-order valence-electron chi connectivity index (χ4n) is 1.48. The maximum Gasteiger partial charge on any atom is 0.225 e. The maximum atomic E-state index is 11.6. The summed E-state index contributed by atoms with van der Waals surface area (Å²) in [6, 6.07) is 0. The lowest BCUT2D eigenvalue weighted by Crippen LogP contribution is -2.29. The number of carbonyl (C=O) groups excluding carboxylic acids is 1. The Morgan fingerprint density at radius 1 is 1.62 bits per heavy atom. The van der Waals surface area contributed by atoms with Gasteiger partial charge in [-0.25, -0.2) is 4.98 Å². The van der Waals surface area contributed by atoms with E-state index in [9.17, 15) is 4.79 Å². The van der Waals surface area contributed by atoms with Gasteiger partial charge in [-0.05, 0) is 0 Å². The van der Waals surface area contributed by atoms with Crippen molar-refractivity contribution in [1.82, 2.24) is 9.88 Å².